The van der Waals surface area contributed by atoms with Gasteiger partial charge in [-0.05, 0) is 37.9 Å². The molecule has 0 amide bonds. The largest absolute Gasteiger partial charge is 0.522 e. The number of likely N-dealkylation sites (tertiary alicyclic amines) is 1. The zero-order valence-corrected chi connectivity index (χ0v) is 9.52. The highest BCUT2D eigenvalue weighted by atomic mass is 19.4. The summed E-state index contributed by atoms with van der Waals surface area (Å²) in [6.07, 6.45) is -2.63. The molecule has 1 saturated heterocycles. The molecule has 0 aromatic carbocycles. The van der Waals surface area contributed by atoms with Crippen LogP contribution in [0.5, 0.6) is 0 Å². The minimum absolute atomic E-state index is 0.154. The van der Waals surface area contributed by atoms with E-state index in [0.29, 0.717) is 13.1 Å². The molecular weight excluding hydrogens is 221 g/mol. The number of nitrogens with zero attached hydrogens (tertiary/aromatic N) is 1. The van der Waals surface area contributed by atoms with Gasteiger partial charge in [-0.25, -0.2) is 0 Å². The number of ether oxygens (including phenoxy) is 1. The Balaban J connectivity index is 2.18. The highest BCUT2D eigenvalue weighted by Gasteiger charge is 2.31. The fourth-order valence-electron chi connectivity index (χ4n) is 1.81. The van der Waals surface area contributed by atoms with Gasteiger partial charge in [0.2, 0.25) is 0 Å². The summed E-state index contributed by atoms with van der Waals surface area (Å²) in [5.74, 6) is 0. The molecule has 0 aromatic heterocycles. The van der Waals surface area contributed by atoms with Crippen LogP contribution in [0.25, 0.3) is 0 Å². The number of hydrogen-bond acceptors (Lipinski definition) is 3. The number of rotatable bonds is 4. The van der Waals surface area contributed by atoms with Gasteiger partial charge >= 0.3 is 6.36 Å². The first kappa shape index (κ1) is 13.7. The molecule has 0 spiro atoms. The average molecular weight is 240 g/mol. The van der Waals surface area contributed by atoms with Crippen molar-refractivity contribution in [1.29, 1.82) is 0 Å². The molecule has 0 unspecified atom stereocenters. The van der Waals surface area contributed by atoms with Crippen molar-refractivity contribution in [1.82, 2.24) is 4.90 Å². The second kappa shape index (κ2) is 5.33. The SMILES string of the molecule is CC1(CN)CCN(CCOC(F)(F)F)CC1. The Morgan fingerprint density at radius 1 is 1.31 bits per heavy atom. The van der Waals surface area contributed by atoms with Gasteiger partial charge in [-0.2, -0.15) is 0 Å². The van der Waals surface area contributed by atoms with E-state index in [4.69, 9.17) is 5.73 Å². The molecular formula is C10H19F3N2O. The fraction of sp³-hybridized carbons (Fsp3) is 1.00. The van der Waals surface area contributed by atoms with Crippen LogP contribution in [0.2, 0.25) is 0 Å². The molecule has 96 valence electrons. The van der Waals surface area contributed by atoms with Gasteiger partial charge in [-0.15, -0.1) is 13.2 Å². The summed E-state index contributed by atoms with van der Waals surface area (Å²) < 4.78 is 38.9. The van der Waals surface area contributed by atoms with Gasteiger partial charge in [0, 0.05) is 6.54 Å². The third-order valence-electron chi connectivity index (χ3n) is 3.23. The van der Waals surface area contributed by atoms with Gasteiger partial charge < -0.3 is 10.6 Å². The van der Waals surface area contributed by atoms with Crippen LogP contribution in [0.3, 0.4) is 0 Å². The highest BCUT2D eigenvalue weighted by molar-refractivity contribution is 4.82. The molecule has 1 heterocycles. The highest BCUT2D eigenvalue weighted by Crippen LogP contribution is 2.29. The monoisotopic (exact) mass is 240 g/mol. The minimum atomic E-state index is -4.51. The predicted octanol–water partition coefficient (Wildman–Crippen LogP) is 1.58. The van der Waals surface area contributed by atoms with E-state index >= 15 is 0 Å². The molecule has 16 heavy (non-hydrogen) atoms. The van der Waals surface area contributed by atoms with E-state index in [1.807, 2.05) is 4.90 Å². The van der Waals surface area contributed by atoms with Crippen LogP contribution in [0, 0.1) is 5.41 Å². The number of alkyl halides is 3. The Hall–Kier alpha value is -0.330. The molecule has 3 nitrogen and oxygen atoms in total. The number of nitrogens with two attached hydrogens (primary N) is 1. The van der Waals surface area contributed by atoms with Crippen LogP contribution in [0.15, 0.2) is 0 Å². The first-order valence-electron chi connectivity index (χ1n) is 5.48. The standard InChI is InChI=1S/C10H19F3N2O/c1-9(8-14)2-4-15(5-3-9)6-7-16-10(11,12)13/h2-8,14H2,1H3. The predicted molar refractivity (Wildman–Crippen MR) is 54.8 cm³/mol. The normalized spacial score (nSPS) is 22.3. The second-order valence-electron chi connectivity index (χ2n) is 4.65. The molecule has 0 aliphatic carbocycles. The number of hydrogen-bond donors (Lipinski definition) is 1. The number of piperidine rings is 1. The summed E-state index contributed by atoms with van der Waals surface area (Å²) in [6.45, 7) is 4.41. The van der Waals surface area contributed by atoms with Gasteiger partial charge in [-0.3, -0.25) is 4.74 Å². The Bertz CT molecular complexity index is 213. The Morgan fingerprint density at radius 2 is 1.88 bits per heavy atom. The minimum Gasteiger partial charge on any atom is -0.330 e. The zero-order valence-electron chi connectivity index (χ0n) is 9.52. The van der Waals surface area contributed by atoms with Crippen molar-refractivity contribution in [2.24, 2.45) is 11.1 Å². The summed E-state index contributed by atoms with van der Waals surface area (Å²) >= 11 is 0. The van der Waals surface area contributed by atoms with Gasteiger partial charge in [0.05, 0.1) is 6.61 Å². The summed E-state index contributed by atoms with van der Waals surface area (Å²) in [6, 6.07) is 0. The lowest BCUT2D eigenvalue weighted by atomic mass is 9.80. The molecule has 0 saturated carbocycles. The van der Waals surface area contributed by atoms with Gasteiger partial charge in [0.1, 0.15) is 0 Å². The number of halogens is 3. The van der Waals surface area contributed by atoms with Crippen LogP contribution in [0.4, 0.5) is 13.2 Å². The van der Waals surface area contributed by atoms with E-state index in [0.717, 1.165) is 25.9 Å². The van der Waals surface area contributed by atoms with E-state index in [1.54, 1.807) is 0 Å². The molecule has 1 aliphatic heterocycles. The molecule has 1 fully saturated rings. The van der Waals surface area contributed by atoms with Crippen molar-refractivity contribution in [2.45, 2.75) is 26.1 Å². The Kier molecular flexibility index (Phi) is 4.58. The molecule has 0 bridgehead atoms. The van der Waals surface area contributed by atoms with E-state index in [1.165, 1.54) is 0 Å². The van der Waals surface area contributed by atoms with Crippen molar-refractivity contribution in [2.75, 3.05) is 32.8 Å². The van der Waals surface area contributed by atoms with Crippen LogP contribution in [-0.4, -0.2) is 44.0 Å². The fourth-order valence-corrected chi connectivity index (χ4v) is 1.81. The van der Waals surface area contributed by atoms with E-state index in [-0.39, 0.29) is 12.0 Å². The lowest BCUT2D eigenvalue weighted by Gasteiger charge is -2.38. The first-order chi connectivity index (χ1) is 7.35. The van der Waals surface area contributed by atoms with Crippen molar-refractivity contribution >= 4 is 0 Å². The summed E-state index contributed by atoms with van der Waals surface area (Å²) in [5, 5.41) is 0. The third kappa shape index (κ3) is 4.67. The molecule has 6 heteroatoms. The molecule has 0 atom stereocenters. The maximum absolute atomic E-state index is 11.7. The van der Waals surface area contributed by atoms with Gasteiger partial charge in [-0.1, -0.05) is 6.92 Å². The first-order valence-corrected chi connectivity index (χ1v) is 5.48. The molecule has 0 radical (unpaired) electrons. The Morgan fingerprint density at radius 3 is 2.31 bits per heavy atom. The van der Waals surface area contributed by atoms with Crippen molar-refractivity contribution < 1.29 is 17.9 Å². The molecule has 0 aromatic rings. The summed E-state index contributed by atoms with van der Waals surface area (Å²) in [5.41, 5.74) is 5.80. The lowest BCUT2D eigenvalue weighted by Crippen LogP contribution is -2.43. The smallest absolute Gasteiger partial charge is 0.330 e. The maximum atomic E-state index is 11.7. The molecule has 1 rings (SSSR count). The maximum Gasteiger partial charge on any atom is 0.522 e. The van der Waals surface area contributed by atoms with Crippen LogP contribution >= 0.6 is 0 Å². The van der Waals surface area contributed by atoms with Crippen LogP contribution < -0.4 is 5.73 Å². The van der Waals surface area contributed by atoms with Gasteiger partial charge in [0.15, 0.2) is 0 Å². The molecule has 2 N–H and O–H groups in total. The summed E-state index contributed by atoms with van der Waals surface area (Å²) in [7, 11) is 0. The third-order valence-corrected chi connectivity index (χ3v) is 3.23. The van der Waals surface area contributed by atoms with E-state index in [2.05, 4.69) is 11.7 Å². The van der Waals surface area contributed by atoms with Gasteiger partial charge in [0.25, 0.3) is 0 Å². The van der Waals surface area contributed by atoms with Crippen molar-refractivity contribution in [3.63, 3.8) is 0 Å². The van der Waals surface area contributed by atoms with E-state index < -0.39 is 6.36 Å². The second-order valence-corrected chi connectivity index (χ2v) is 4.65. The zero-order chi connectivity index (χ0) is 12.2. The van der Waals surface area contributed by atoms with Crippen LogP contribution in [0.1, 0.15) is 19.8 Å². The Labute approximate surface area is 93.7 Å². The lowest BCUT2D eigenvalue weighted by molar-refractivity contribution is -0.325. The van der Waals surface area contributed by atoms with E-state index in [9.17, 15) is 13.2 Å². The van der Waals surface area contributed by atoms with Crippen LogP contribution in [-0.2, 0) is 4.74 Å². The quantitative estimate of drug-likeness (QED) is 0.811. The van der Waals surface area contributed by atoms with Crippen molar-refractivity contribution in [3.05, 3.63) is 0 Å². The van der Waals surface area contributed by atoms with Crippen molar-refractivity contribution in [3.8, 4) is 0 Å². The average Bonchev–Trinajstić information content (AvgIpc) is 2.20. The summed E-state index contributed by atoms with van der Waals surface area (Å²) in [4.78, 5) is 1.99. The molecule has 1 aliphatic rings. The topological polar surface area (TPSA) is 38.5 Å².